The Kier molecular flexibility index (Phi) is 4.38. The van der Waals surface area contributed by atoms with E-state index in [2.05, 4.69) is 32.2 Å². The zero-order chi connectivity index (χ0) is 15.5. The first kappa shape index (κ1) is 15.6. The molecule has 1 saturated carbocycles. The van der Waals surface area contributed by atoms with Gasteiger partial charge in [0.15, 0.2) is 0 Å². The van der Waals surface area contributed by atoms with Crippen LogP contribution in [0.4, 0.5) is 18.0 Å². The topological polar surface area (TPSA) is 80.0 Å². The van der Waals surface area contributed by atoms with Gasteiger partial charge in [-0.2, -0.15) is 18.2 Å². The molecule has 0 aromatic carbocycles. The van der Waals surface area contributed by atoms with Crippen LogP contribution in [0, 0.1) is 5.41 Å². The van der Waals surface area contributed by atoms with E-state index in [0.717, 1.165) is 25.7 Å². The van der Waals surface area contributed by atoms with Crippen molar-refractivity contribution >= 4 is 6.03 Å². The number of nitrogens with zero attached hydrogens (tertiary/aromatic N) is 2. The van der Waals surface area contributed by atoms with E-state index in [1.165, 1.54) is 0 Å². The molecule has 21 heavy (non-hydrogen) atoms. The summed E-state index contributed by atoms with van der Waals surface area (Å²) in [4.78, 5) is 14.7. The molecule has 2 N–H and O–H groups in total. The Morgan fingerprint density at radius 3 is 2.62 bits per heavy atom. The molecular formula is C12H17F3N4O2. The van der Waals surface area contributed by atoms with Crippen LogP contribution in [0.2, 0.25) is 0 Å². The van der Waals surface area contributed by atoms with Crippen molar-refractivity contribution in [2.45, 2.75) is 45.3 Å². The molecule has 1 aliphatic rings. The first-order chi connectivity index (χ1) is 9.85. The van der Waals surface area contributed by atoms with E-state index in [-0.39, 0.29) is 17.9 Å². The first-order valence-corrected chi connectivity index (χ1v) is 6.76. The van der Waals surface area contributed by atoms with Crippen molar-refractivity contribution in [2.75, 3.05) is 6.54 Å². The largest absolute Gasteiger partial charge is 0.455 e. The van der Waals surface area contributed by atoms with E-state index in [1.807, 2.05) is 0 Å². The summed E-state index contributed by atoms with van der Waals surface area (Å²) in [5, 5.41) is 7.91. The zero-order valence-electron chi connectivity index (χ0n) is 11.6. The number of hydrogen-bond acceptors (Lipinski definition) is 4. The minimum Gasteiger partial charge on any atom is -0.338 e. The summed E-state index contributed by atoms with van der Waals surface area (Å²) >= 11 is 0. The fraction of sp³-hybridized carbons (Fsp3) is 0.750. The summed E-state index contributed by atoms with van der Waals surface area (Å²) in [5.74, 6) is -1.63. The number of halogens is 3. The number of amides is 2. The third-order valence-electron chi connectivity index (χ3n) is 3.48. The van der Waals surface area contributed by atoms with E-state index in [9.17, 15) is 18.0 Å². The second-order valence-electron chi connectivity index (χ2n) is 5.30. The highest BCUT2D eigenvalue weighted by Gasteiger charge is 2.41. The highest BCUT2D eigenvalue weighted by molar-refractivity contribution is 5.73. The van der Waals surface area contributed by atoms with Crippen LogP contribution in [0.1, 0.15) is 44.3 Å². The zero-order valence-corrected chi connectivity index (χ0v) is 11.6. The predicted octanol–water partition coefficient (Wildman–Crippen LogP) is 2.47. The SMILES string of the molecule is CCCC1(CNC(=O)NCc2nc(C(F)(F)F)no2)CC1. The van der Waals surface area contributed by atoms with Crippen molar-refractivity contribution in [1.82, 2.24) is 20.8 Å². The summed E-state index contributed by atoms with van der Waals surface area (Å²) in [5.41, 5.74) is 0.208. The highest BCUT2D eigenvalue weighted by atomic mass is 19.4. The number of rotatable bonds is 6. The fourth-order valence-electron chi connectivity index (χ4n) is 2.15. The van der Waals surface area contributed by atoms with E-state index in [0.29, 0.717) is 6.54 Å². The maximum Gasteiger partial charge on any atom is 0.455 e. The lowest BCUT2D eigenvalue weighted by atomic mass is 10.0. The minimum absolute atomic E-state index is 0.208. The second kappa shape index (κ2) is 5.90. The van der Waals surface area contributed by atoms with Crippen LogP contribution in [0.5, 0.6) is 0 Å². The molecule has 1 heterocycles. The van der Waals surface area contributed by atoms with Crippen LogP contribution in [0.25, 0.3) is 0 Å². The van der Waals surface area contributed by atoms with Crippen molar-refractivity contribution in [2.24, 2.45) is 5.41 Å². The Balaban J connectivity index is 1.73. The molecule has 0 radical (unpaired) electrons. The first-order valence-electron chi connectivity index (χ1n) is 6.76. The Labute approximate surface area is 119 Å². The van der Waals surface area contributed by atoms with Gasteiger partial charge in [0.25, 0.3) is 5.82 Å². The molecule has 0 saturated heterocycles. The van der Waals surface area contributed by atoms with Gasteiger partial charge >= 0.3 is 12.2 Å². The van der Waals surface area contributed by atoms with Gasteiger partial charge in [-0.05, 0) is 24.7 Å². The quantitative estimate of drug-likeness (QED) is 0.846. The van der Waals surface area contributed by atoms with Crippen LogP contribution < -0.4 is 10.6 Å². The van der Waals surface area contributed by atoms with Crippen molar-refractivity contribution < 1.29 is 22.5 Å². The number of nitrogens with one attached hydrogen (secondary N) is 2. The van der Waals surface area contributed by atoms with E-state index < -0.39 is 18.0 Å². The van der Waals surface area contributed by atoms with Gasteiger partial charge in [-0.15, -0.1) is 0 Å². The molecule has 1 aromatic rings. The second-order valence-corrected chi connectivity index (χ2v) is 5.30. The molecular weight excluding hydrogens is 289 g/mol. The van der Waals surface area contributed by atoms with Crippen molar-refractivity contribution in [3.63, 3.8) is 0 Å². The molecule has 0 aliphatic heterocycles. The lowest BCUT2D eigenvalue weighted by Gasteiger charge is -2.14. The summed E-state index contributed by atoms with van der Waals surface area (Å²) in [6, 6.07) is -0.455. The molecule has 2 rings (SSSR count). The van der Waals surface area contributed by atoms with E-state index in [1.54, 1.807) is 0 Å². The normalized spacial score (nSPS) is 16.6. The average Bonchev–Trinajstić information content (AvgIpc) is 2.99. The Bertz CT molecular complexity index is 497. The molecule has 0 unspecified atom stereocenters. The van der Waals surface area contributed by atoms with Gasteiger partial charge in [0.1, 0.15) is 0 Å². The van der Waals surface area contributed by atoms with Gasteiger partial charge in [0.05, 0.1) is 6.54 Å². The minimum atomic E-state index is -4.65. The highest BCUT2D eigenvalue weighted by Crippen LogP contribution is 2.48. The van der Waals surface area contributed by atoms with E-state index >= 15 is 0 Å². The molecule has 9 heteroatoms. The lowest BCUT2D eigenvalue weighted by molar-refractivity contribution is -0.146. The van der Waals surface area contributed by atoms with Gasteiger partial charge in [0, 0.05) is 6.54 Å². The maximum atomic E-state index is 12.2. The summed E-state index contributed by atoms with van der Waals surface area (Å²) in [6.45, 7) is 2.42. The van der Waals surface area contributed by atoms with Crippen LogP contribution in [-0.2, 0) is 12.7 Å². The standard InChI is InChI=1S/C12H17F3N4O2/c1-2-3-11(4-5-11)7-17-10(20)16-6-8-18-9(19-21-8)12(13,14)15/h2-7H2,1H3,(H2,16,17,20). The molecule has 0 atom stereocenters. The Morgan fingerprint density at radius 2 is 2.10 bits per heavy atom. The van der Waals surface area contributed by atoms with Gasteiger partial charge < -0.3 is 15.2 Å². The van der Waals surface area contributed by atoms with Gasteiger partial charge in [0.2, 0.25) is 5.89 Å². The third kappa shape index (κ3) is 4.33. The van der Waals surface area contributed by atoms with Crippen LogP contribution in [-0.4, -0.2) is 22.7 Å². The molecule has 118 valence electrons. The molecule has 0 bridgehead atoms. The third-order valence-corrected chi connectivity index (χ3v) is 3.48. The Morgan fingerprint density at radius 1 is 1.38 bits per heavy atom. The average molecular weight is 306 g/mol. The van der Waals surface area contributed by atoms with Crippen LogP contribution in [0.15, 0.2) is 4.52 Å². The molecule has 1 aromatic heterocycles. The number of aromatic nitrogens is 2. The van der Waals surface area contributed by atoms with E-state index in [4.69, 9.17) is 0 Å². The molecule has 6 nitrogen and oxygen atoms in total. The molecule has 0 spiro atoms. The van der Waals surface area contributed by atoms with Crippen molar-refractivity contribution in [3.8, 4) is 0 Å². The maximum absolute atomic E-state index is 12.2. The molecule has 2 amide bonds. The number of carbonyl (C=O) groups is 1. The number of carbonyl (C=O) groups excluding carboxylic acids is 1. The number of alkyl halides is 3. The van der Waals surface area contributed by atoms with Gasteiger partial charge in [-0.3, -0.25) is 0 Å². The van der Waals surface area contributed by atoms with Gasteiger partial charge in [-0.25, -0.2) is 4.79 Å². The summed E-state index contributed by atoms with van der Waals surface area (Å²) in [7, 11) is 0. The molecule has 1 aliphatic carbocycles. The molecule has 1 fully saturated rings. The monoisotopic (exact) mass is 306 g/mol. The van der Waals surface area contributed by atoms with Crippen LogP contribution in [0.3, 0.4) is 0 Å². The smallest absolute Gasteiger partial charge is 0.338 e. The lowest BCUT2D eigenvalue weighted by Crippen LogP contribution is -2.38. The fourth-order valence-corrected chi connectivity index (χ4v) is 2.15. The Hall–Kier alpha value is -1.80. The number of urea groups is 1. The predicted molar refractivity (Wildman–Crippen MR) is 66.1 cm³/mol. The summed E-state index contributed by atoms with van der Waals surface area (Å²) < 4.78 is 41.2. The van der Waals surface area contributed by atoms with Gasteiger partial charge in [-0.1, -0.05) is 18.5 Å². The summed E-state index contributed by atoms with van der Waals surface area (Å²) in [6.07, 6.45) is -0.334. The van der Waals surface area contributed by atoms with Crippen molar-refractivity contribution in [3.05, 3.63) is 11.7 Å². The number of hydrogen-bond donors (Lipinski definition) is 2. The van der Waals surface area contributed by atoms with Crippen LogP contribution >= 0.6 is 0 Å². The van der Waals surface area contributed by atoms with Crippen molar-refractivity contribution in [1.29, 1.82) is 0 Å².